The second-order valence-electron chi connectivity index (χ2n) is 3.60. The third-order valence-corrected chi connectivity index (χ3v) is 2.27. The maximum absolute atomic E-state index is 13.4. The van der Waals surface area contributed by atoms with Gasteiger partial charge < -0.3 is 10.1 Å². The summed E-state index contributed by atoms with van der Waals surface area (Å²) in [7, 11) is 0. The van der Waals surface area contributed by atoms with Crippen molar-refractivity contribution in [1.82, 2.24) is 9.97 Å². The molecule has 96 valence electrons. The summed E-state index contributed by atoms with van der Waals surface area (Å²) < 4.78 is 18.8. The number of nitriles is 1. The van der Waals surface area contributed by atoms with Crippen molar-refractivity contribution in [3.8, 4) is 17.7 Å². The zero-order valence-electron chi connectivity index (χ0n) is 10.2. The average molecular weight is 258 g/mol. The largest absolute Gasteiger partial charge is 0.436 e. The Morgan fingerprint density at radius 3 is 3.00 bits per heavy atom. The smallest absolute Gasteiger partial charge is 0.239 e. The van der Waals surface area contributed by atoms with Crippen LogP contribution in [0.25, 0.3) is 0 Å². The van der Waals surface area contributed by atoms with Crippen LogP contribution in [0.5, 0.6) is 11.6 Å². The van der Waals surface area contributed by atoms with E-state index in [1.165, 1.54) is 24.4 Å². The number of anilines is 1. The van der Waals surface area contributed by atoms with Crippen LogP contribution in [0.4, 0.5) is 10.2 Å². The van der Waals surface area contributed by atoms with Crippen LogP contribution in [0.15, 0.2) is 30.6 Å². The minimum absolute atomic E-state index is 0.116. The van der Waals surface area contributed by atoms with Gasteiger partial charge in [0.05, 0.1) is 12.4 Å². The van der Waals surface area contributed by atoms with E-state index in [9.17, 15) is 4.39 Å². The highest BCUT2D eigenvalue weighted by molar-refractivity contribution is 5.45. The Morgan fingerprint density at radius 2 is 2.26 bits per heavy atom. The van der Waals surface area contributed by atoms with Crippen LogP contribution in [0, 0.1) is 17.1 Å². The van der Waals surface area contributed by atoms with E-state index >= 15 is 0 Å². The number of aromatic nitrogens is 2. The first-order valence-electron chi connectivity index (χ1n) is 5.67. The van der Waals surface area contributed by atoms with Gasteiger partial charge in [0.2, 0.25) is 5.88 Å². The molecule has 1 N–H and O–H groups in total. The predicted octanol–water partition coefficient (Wildman–Crippen LogP) is 2.71. The summed E-state index contributed by atoms with van der Waals surface area (Å²) in [6, 6.07) is 5.93. The number of halogens is 1. The lowest BCUT2D eigenvalue weighted by Crippen LogP contribution is -2.01. The molecule has 0 bridgehead atoms. The summed E-state index contributed by atoms with van der Waals surface area (Å²) in [5, 5.41) is 11.9. The van der Waals surface area contributed by atoms with Crippen molar-refractivity contribution >= 4 is 5.82 Å². The summed E-state index contributed by atoms with van der Waals surface area (Å²) in [5.74, 6) is 0.233. The molecule has 2 rings (SSSR count). The molecule has 0 aliphatic heterocycles. The molecular formula is C13H11FN4O. The highest BCUT2D eigenvalue weighted by Gasteiger charge is 2.10. The maximum atomic E-state index is 13.4. The number of rotatable bonds is 4. The molecule has 0 amide bonds. The summed E-state index contributed by atoms with van der Waals surface area (Å²) in [4.78, 5) is 8.09. The van der Waals surface area contributed by atoms with E-state index in [4.69, 9.17) is 10.00 Å². The van der Waals surface area contributed by atoms with E-state index in [0.29, 0.717) is 12.4 Å². The van der Waals surface area contributed by atoms with Gasteiger partial charge in [-0.05, 0) is 19.1 Å². The van der Waals surface area contributed by atoms with Crippen LogP contribution in [-0.4, -0.2) is 16.5 Å². The van der Waals surface area contributed by atoms with Gasteiger partial charge in [-0.1, -0.05) is 6.07 Å². The van der Waals surface area contributed by atoms with Gasteiger partial charge in [0, 0.05) is 6.54 Å². The van der Waals surface area contributed by atoms with E-state index in [1.807, 2.05) is 6.92 Å². The van der Waals surface area contributed by atoms with Crippen LogP contribution in [-0.2, 0) is 0 Å². The van der Waals surface area contributed by atoms with Crippen molar-refractivity contribution in [3.63, 3.8) is 0 Å². The SMILES string of the molecule is CCNc1cncc(Oc2cccc(F)c2C#N)n1. The second kappa shape index (κ2) is 5.78. The fourth-order valence-corrected chi connectivity index (χ4v) is 1.47. The molecule has 0 radical (unpaired) electrons. The first-order chi connectivity index (χ1) is 9.24. The lowest BCUT2D eigenvalue weighted by Gasteiger charge is -2.08. The molecule has 0 saturated heterocycles. The van der Waals surface area contributed by atoms with Crippen LogP contribution in [0.1, 0.15) is 12.5 Å². The first kappa shape index (κ1) is 12.8. The Balaban J connectivity index is 2.29. The summed E-state index contributed by atoms with van der Waals surface area (Å²) in [6.07, 6.45) is 2.94. The molecule has 0 unspecified atom stereocenters. The molecule has 0 saturated carbocycles. The molecule has 19 heavy (non-hydrogen) atoms. The van der Waals surface area contributed by atoms with Gasteiger partial charge in [-0.2, -0.15) is 10.2 Å². The number of hydrogen-bond acceptors (Lipinski definition) is 5. The van der Waals surface area contributed by atoms with Crippen molar-refractivity contribution in [2.24, 2.45) is 0 Å². The first-order valence-corrected chi connectivity index (χ1v) is 5.67. The summed E-state index contributed by atoms with van der Waals surface area (Å²) in [5.41, 5.74) is -0.154. The number of ether oxygens (including phenoxy) is 1. The molecule has 1 aromatic carbocycles. The number of hydrogen-bond donors (Lipinski definition) is 1. The Morgan fingerprint density at radius 1 is 1.42 bits per heavy atom. The molecule has 6 heteroatoms. The third kappa shape index (κ3) is 2.96. The van der Waals surface area contributed by atoms with Gasteiger partial charge in [-0.15, -0.1) is 0 Å². The quantitative estimate of drug-likeness (QED) is 0.912. The van der Waals surface area contributed by atoms with Gasteiger partial charge >= 0.3 is 0 Å². The van der Waals surface area contributed by atoms with Gasteiger partial charge in [0.1, 0.15) is 29.0 Å². The molecule has 0 aliphatic rings. The van der Waals surface area contributed by atoms with E-state index in [2.05, 4.69) is 15.3 Å². The highest BCUT2D eigenvalue weighted by Crippen LogP contribution is 2.25. The van der Waals surface area contributed by atoms with Crippen molar-refractivity contribution in [3.05, 3.63) is 42.0 Å². The minimum Gasteiger partial charge on any atom is -0.436 e. The van der Waals surface area contributed by atoms with E-state index in [0.717, 1.165) is 0 Å². The molecule has 5 nitrogen and oxygen atoms in total. The van der Waals surface area contributed by atoms with Crippen molar-refractivity contribution in [2.75, 3.05) is 11.9 Å². The standard InChI is InChI=1S/C13H11FN4O/c1-2-17-12-7-16-8-13(18-12)19-11-5-3-4-10(14)9(11)6-15/h3-5,7-8H,2H2,1H3,(H,17,18). The zero-order valence-corrected chi connectivity index (χ0v) is 10.2. The van der Waals surface area contributed by atoms with Crippen LogP contribution in [0.2, 0.25) is 0 Å². The Labute approximate surface area is 109 Å². The third-order valence-electron chi connectivity index (χ3n) is 2.27. The molecule has 0 spiro atoms. The average Bonchev–Trinajstić information content (AvgIpc) is 2.40. The van der Waals surface area contributed by atoms with E-state index in [1.54, 1.807) is 12.3 Å². The molecular weight excluding hydrogens is 247 g/mol. The molecule has 1 aromatic heterocycles. The summed E-state index contributed by atoms with van der Waals surface area (Å²) >= 11 is 0. The number of benzene rings is 1. The number of nitrogens with one attached hydrogen (secondary N) is 1. The van der Waals surface area contributed by atoms with E-state index in [-0.39, 0.29) is 17.2 Å². The number of nitrogens with zero attached hydrogens (tertiary/aromatic N) is 3. The predicted molar refractivity (Wildman–Crippen MR) is 67.4 cm³/mol. The van der Waals surface area contributed by atoms with Gasteiger partial charge in [0.25, 0.3) is 0 Å². The molecule has 0 aliphatic carbocycles. The highest BCUT2D eigenvalue weighted by atomic mass is 19.1. The van der Waals surface area contributed by atoms with Crippen LogP contribution < -0.4 is 10.1 Å². The Bertz CT molecular complexity index is 624. The normalized spacial score (nSPS) is 9.74. The van der Waals surface area contributed by atoms with Crippen molar-refractivity contribution < 1.29 is 9.13 Å². The van der Waals surface area contributed by atoms with Crippen molar-refractivity contribution in [2.45, 2.75) is 6.92 Å². The molecule has 1 heterocycles. The topological polar surface area (TPSA) is 70.8 Å². The van der Waals surface area contributed by atoms with Gasteiger partial charge in [0.15, 0.2) is 0 Å². The Kier molecular flexibility index (Phi) is 3.88. The Hall–Kier alpha value is -2.68. The minimum atomic E-state index is -0.629. The zero-order chi connectivity index (χ0) is 13.7. The van der Waals surface area contributed by atoms with Crippen molar-refractivity contribution in [1.29, 1.82) is 5.26 Å². The molecule has 2 aromatic rings. The fraction of sp³-hybridized carbons (Fsp3) is 0.154. The monoisotopic (exact) mass is 258 g/mol. The van der Waals surface area contributed by atoms with Crippen LogP contribution >= 0.6 is 0 Å². The van der Waals surface area contributed by atoms with E-state index < -0.39 is 5.82 Å². The maximum Gasteiger partial charge on any atom is 0.239 e. The lowest BCUT2D eigenvalue weighted by atomic mass is 10.2. The molecule has 0 fully saturated rings. The molecule has 0 atom stereocenters. The lowest BCUT2D eigenvalue weighted by molar-refractivity contribution is 0.454. The summed E-state index contributed by atoms with van der Waals surface area (Å²) in [6.45, 7) is 2.62. The second-order valence-corrected chi connectivity index (χ2v) is 3.60. The van der Waals surface area contributed by atoms with Gasteiger partial charge in [-0.3, -0.25) is 4.98 Å². The fourth-order valence-electron chi connectivity index (χ4n) is 1.47. The van der Waals surface area contributed by atoms with Crippen LogP contribution in [0.3, 0.4) is 0 Å². The van der Waals surface area contributed by atoms with Gasteiger partial charge in [-0.25, -0.2) is 4.39 Å².